The van der Waals surface area contributed by atoms with E-state index in [0.29, 0.717) is 37.7 Å². The van der Waals surface area contributed by atoms with Crippen LogP contribution in [-0.2, 0) is 17.8 Å². The first kappa shape index (κ1) is 31.6. The van der Waals surface area contributed by atoms with Crippen LogP contribution in [0.15, 0.2) is 72.8 Å². The lowest BCUT2D eigenvalue weighted by Gasteiger charge is -2.41. The summed E-state index contributed by atoms with van der Waals surface area (Å²) >= 11 is 0. The molecule has 2 amide bonds. The van der Waals surface area contributed by atoms with Gasteiger partial charge in [0.2, 0.25) is 5.91 Å². The Morgan fingerprint density at radius 1 is 1.00 bits per heavy atom. The van der Waals surface area contributed by atoms with Crippen LogP contribution in [0.5, 0.6) is 11.5 Å². The van der Waals surface area contributed by atoms with Crippen LogP contribution in [0.2, 0.25) is 0 Å². The summed E-state index contributed by atoms with van der Waals surface area (Å²) in [6, 6.07) is 23.9. The number of ether oxygens (including phenoxy) is 2. The molecule has 46 heavy (non-hydrogen) atoms. The predicted octanol–water partition coefficient (Wildman–Crippen LogP) is 5.22. The number of aromatic nitrogens is 2. The average Bonchev–Trinajstić information content (AvgIpc) is 3.45. The molecule has 1 spiro atoms. The van der Waals surface area contributed by atoms with Crippen molar-refractivity contribution < 1.29 is 19.1 Å². The molecule has 0 atom stereocenters. The van der Waals surface area contributed by atoms with E-state index in [4.69, 9.17) is 14.6 Å². The van der Waals surface area contributed by atoms with Crippen LogP contribution in [0, 0.1) is 5.41 Å². The maximum atomic E-state index is 13.6. The number of hydrogen-bond acceptors (Lipinski definition) is 6. The summed E-state index contributed by atoms with van der Waals surface area (Å²) in [7, 11) is 1.62. The van der Waals surface area contributed by atoms with Crippen molar-refractivity contribution in [1.82, 2.24) is 25.3 Å². The Kier molecular flexibility index (Phi) is 10.2. The van der Waals surface area contributed by atoms with Crippen LogP contribution in [0.3, 0.4) is 0 Å². The van der Waals surface area contributed by atoms with Gasteiger partial charge in [-0.15, -0.1) is 0 Å². The number of para-hydroxylation sites is 1. The Hall–Kier alpha value is -4.37. The van der Waals surface area contributed by atoms with Crippen molar-refractivity contribution in [2.45, 2.75) is 51.5 Å². The number of carbonyl (C=O) groups excluding carboxylic acids is 2. The zero-order valence-electron chi connectivity index (χ0n) is 26.8. The highest BCUT2D eigenvalue weighted by Crippen LogP contribution is 2.37. The topological polar surface area (TPSA) is 97.7 Å². The minimum atomic E-state index is -0.345. The summed E-state index contributed by atoms with van der Waals surface area (Å²) < 4.78 is 13.3. The van der Waals surface area contributed by atoms with E-state index in [1.165, 1.54) is 5.56 Å². The lowest BCUT2D eigenvalue weighted by molar-refractivity contribution is -0.134. The van der Waals surface area contributed by atoms with Crippen molar-refractivity contribution in [3.8, 4) is 11.5 Å². The number of benzene rings is 3. The number of fused-ring (bicyclic) bond motifs is 2. The van der Waals surface area contributed by atoms with Crippen LogP contribution >= 0.6 is 0 Å². The first-order valence-electron chi connectivity index (χ1n) is 16.6. The summed E-state index contributed by atoms with van der Waals surface area (Å²) in [5.41, 5.74) is 3.26. The van der Waals surface area contributed by atoms with Crippen molar-refractivity contribution in [2.24, 2.45) is 5.41 Å². The molecule has 1 saturated heterocycles. The number of nitrogens with one attached hydrogen (secondary N) is 2. The number of carbonyl (C=O) groups is 2. The monoisotopic (exact) mass is 623 g/mol. The molecule has 9 nitrogen and oxygen atoms in total. The fourth-order valence-electron chi connectivity index (χ4n) is 6.87. The average molecular weight is 624 g/mol. The molecule has 4 aromatic rings. The Morgan fingerprint density at radius 2 is 1.80 bits per heavy atom. The molecule has 0 saturated carbocycles. The van der Waals surface area contributed by atoms with E-state index in [0.717, 1.165) is 86.8 Å². The second-order valence-corrected chi connectivity index (χ2v) is 12.5. The number of amides is 2. The highest BCUT2D eigenvalue weighted by atomic mass is 16.5. The lowest BCUT2D eigenvalue weighted by Crippen LogP contribution is -2.50. The van der Waals surface area contributed by atoms with Gasteiger partial charge in [-0.05, 0) is 80.6 Å². The zero-order valence-corrected chi connectivity index (χ0v) is 26.8. The van der Waals surface area contributed by atoms with Gasteiger partial charge in [-0.2, -0.15) is 5.10 Å². The number of methoxy groups -OCH3 is 1. The van der Waals surface area contributed by atoms with E-state index in [2.05, 4.69) is 27.7 Å². The Labute approximate surface area is 271 Å². The van der Waals surface area contributed by atoms with Crippen molar-refractivity contribution in [3.63, 3.8) is 0 Å². The third kappa shape index (κ3) is 7.36. The summed E-state index contributed by atoms with van der Waals surface area (Å²) in [6.07, 6.45) is 6.79. The van der Waals surface area contributed by atoms with Gasteiger partial charge in [0.05, 0.1) is 31.1 Å². The van der Waals surface area contributed by atoms with E-state index in [-0.39, 0.29) is 17.2 Å². The molecule has 9 heteroatoms. The van der Waals surface area contributed by atoms with Crippen LogP contribution in [0.1, 0.15) is 60.1 Å². The van der Waals surface area contributed by atoms with Crippen LogP contribution < -0.4 is 20.1 Å². The molecule has 1 aromatic heterocycles. The minimum absolute atomic E-state index is 0.154. The molecule has 3 heterocycles. The molecule has 0 radical (unpaired) electrons. The second kappa shape index (κ2) is 14.8. The number of piperidine rings is 1. The van der Waals surface area contributed by atoms with Crippen LogP contribution in [0.25, 0.3) is 10.9 Å². The zero-order chi connectivity index (χ0) is 31.8. The van der Waals surface area contributed by atoms with Gasteiger partial charge in [0.1, 0.15) is 23.8 Å². The summed E-state index contributed by atoms with van der Waals surface area (Å²) in [5.74, 6) is 1.62. The minimum Gasteiger partial charge on any atom is -0.497 e. The van der Waals surface area contributed by atoms with E-state index >= 15 is 0 Å². The number of nitrogens with zero attached hydrogens (tertiary/aromatic N) is 3. The Morgan fingerprint density at radius 3 is 2.63 bits per heavy atom. The highest BCUT2D eigenvalue weighted by Gasteiger charge is 2.40. The number of rotatable bonds is 7. The second-order valence-electron chi connectivity index (χ2n) is 12.5. The molecule has 242 valence electrons. The SMILES string of the molecule is COc1ccc2nn(Cc3ccccc3)c(C(=O)NCCN3CCC4(CCCCCc5ccccc5OCCNC4=O)CC3)c2c1. The molecule has 0 bridgehead atoms. The van der Waals surface area contributed by atoms with Gasteiger partial charge in [0, 0.05) is 18.5 Å². The quantitative estimate of drug-likeness (QED) is 0.293. The molecule has 1 fully saturated rings. The third-order valence-corrected chi connectivity index (χ3v) is 9.56. The molecule has 3 aromatic carbocycles. The van der Waals surface area contributed by atoms with Crippen molar-refractivity contribution >= 4 is 22.7 Å². The predicted molar refractivity (Wildman–Crippen MR) is 179 cm³/mol. The third-order valence-electron chi connectivity index (χ3n) is 9.56. The normalized spacial score (nSPS) is 17.5. The molecular weight excluding hydrogens is 578 g/mol. The molecule has 0 aliphatic carbocycles. The molecular formula is C37H45N5O4. The lowest BCUT2D eigenvalue weighted by atomic mass is 9.73. The van der Waals surface area contributed by atoms with E-state index in [9.17, 15) is 9.59 Å². The van der Waals surface area contributed by atoms with Crippen molar-refractivity contribution in [2.75, 3.05) is 46.4 Å². The Balaban J connectivity index is 1.05. The first-order chi connectivity index (χ1) is 22.5. The van der Waals surface area contributed by atoms with Crippen LogP contribution in [0.4, 0.5) is 0 Å². The number of hydrogen-bond donors (Lipinski definition) is 2. The van der Waals surface area contributed by atoms with Crippen molar-refractivity contribution in [3.05, 3.63) is 89.6 Å². The summed E-state index contributed by atoms with van der Waals surface area (Å²) in [6.45, 7) is 4.37. The largest absolute Gasteiger partial charge is 0.497 e. The summed E-state index contributed by atoms with van der Waals surface area (Å²) in [4.78, 5) is 29.5. The molecule has 6 rings (SSSR count). The van der Waals surface area contributed by atoms with Gasteiger partial charge in [0.25, 0.3) is 5.91 Å². The van der Waals surface area contributed by atoms with Gasteiger partial charge in [-0.3, -0.25) is 14.3 Å². The maximum absolute atomic E-state index is 13.6. The molecule has 0 unspecified atom stereocenters. The van der Waals surface area contributed by atoms with E-state index in [1.54, 1.807) is 11.8 Å². The molecule has 2 N–H and O–H groups in total. The maximum Gasteiger partial charge on any atom is 0.270 e. The van der Waals surface area contributed by atoms with Gasteiger partial charge < -0.3 is 25.0 Å². The van der Waals surface area contributed by atoms with E-state index < -0.39 is 0 Å². The fourth-order valence-corrected chi connectivity index (χ4v) is 6.87. The summed E-state index contributed by atoms with van der Waals surface area (Å²) in [5, 5.41) is 11.9. The highest BCUT2D eigenvalue weighted by molar-refractivity contribution is 6.05. The first-order valence-corrected chi connectivity index (χ1v) is 16.6. The van der Waals surface area contributed by atoms with E-state index in [1.807, 2.05) is 60.7 Å². The molecule has 2 aliphatic rings. The number of aryl methyl sites for hydroxylation is 1. The van der Waals surface area contributed by atoms with Crippen LogP contribution in [-0.4, -0.2) is 72.9 Å². The Bertz CT molecular complexity index is 1630. The standard InChI is InChI=1S/C37H45N5O4/c1-45-30-15-16-32-31(26-30)34(42(40-32)27-28-10-4-2-5-11-28)35(43)38-20-24-41-22-18-37(19-23-41)17-9-3-6-12-29-13-7-8-14-33(29)46-25-21-39-36(37)44/h2,4-5,7-8,10-11,13-16,26H,3,6,9,12,17-25,27H2,1H3,(H,38,43)(H,39,44). The smallest absolute Gasteiger partial charge is 0.270 e. The number of likely N-dealkylation sites (tertiary alicyclic amines) is 1. The fraction of sp³-hybridized carbons (Fsp3) is 0.432. The van der Waals surface area contributed by atoms with Gasteiger partial charge in [-0.25, -0.2) is 0 Å². The van der Waals surface area contributed by atoms with Gasteiger partial charge >= 0.3 is 0 Å². The van der Waals surface area contributed by atoms with Crippen molar-refractivity contribution in [1.29, 1.82) is 0 Å². The molecule has 2 aliphatic heterocycles. The van der Waals surface area contributed by atoms with Gasteiger partial charge in [-0.1, -0.05) is 61.4 Å². The van der Waals surface area contributed by atoms with Gasteiger partial charge in [0.15, 0.2) is 0 Å².